The van der Waals surface area contributed by atoms with Gasteiger partial charge in [-0.3, -0.25) is 9.59 Å². The average Bonchev–Trinajstić information content (AvgIpc) is 3.35. The fourth-order valence-corrected chi connectivity index (χ4v) is 4.90. The van der Waals surface area contributed by atoms with Gasteiger partial charge >= 0.3 is 5.97 Å². The number of hydrogen-bond donors (Lipinski definition) is 1. The molecule has 3 heterocycles. The quantitative estimate of drug-likeness (QED) is 0.416. The van der Waals surface area contributed by atoms with Gasteiger partial charge in [0.25, 0.3) is 11.5 Å². The number of thiophene rings is 2. The Bertz CT molecular complexity index is 1370. The number of ether oxygens (including phenoxy) is 1. The van der Waals surface area contributed by atoms with Crippen molar-refractivity contribution in [3.05, 3.63) is 72.6 Å². The summed E-state index contributed by atoms with van der Waals surface area (Å²) >= 11 is 8.54. The Hall–Kier alpha value is -3.01. The number of hydrogen-bond acceptors (Lipinski definition) is 7. The number of carbonyl (C=O) groups excluding carboxylic acids is 2. The summed E-state index contributed by atoms with van der Waals surface area (Å²) in [6.07, 6.45) is 0. The SMILES string of the molecule is CCOC(=O)c1nn(-c2cccc(Cl)c2)c(=O)c2c(NC(=O)c3cc(C)cs3)scc12. The summed E-state index contributed by atoms with van der Waals surface area (Å²) in [5.41, 5.74) is 0.870. The number of aromatic nitrogens is 2. The van der Waals surface area contributed by atoms with E-state index in [-0.39, 0.29) is 23.6 Å². The zero-order chi connectivity index (χ0) is 22.1. The van der Waals surface area contributed by atoms with Crippen molar-refractivity contribution in [3.8, 4) is 5.69 Å². The summed E-state index contributed by atoms with van der Waals surface area (Å²) in [5, 5.41) is 11.8. The molecule has 3 aromatic heterocycles. The van der Waals surface area contributed by atoms with E-state index in [9.17, 15) is 14.4 Å². The van der Waals surface area contributed by atoms with Crippen LogP contribution in [0.1, 0.15) is 32.6 Å². The van der Waals surface area contributed by atoms with Crippen LogP contribution >= 0.6 is 34.3 Å². The van der Waals surface area contributed by atoms with Crippen LogP contribution in [0.4, 0.5) is 5.00 Å². The van der Waals surface area contributed by atoms with E-state index in [0.717, 1.165) is 21.6 Å². The van der Waals surface area contributed by atoms with Crippen molar-refractivity contribution >= 4 is 61.9 Å². The lowest BCUT2D eigenvalue weighted by atomic mass is 10.2. The summed E-state index contributed by atoms with van der Waals surface area (Å²) in [6.45, 7) is 3.74. The average molecular weight is 474 g/mol. The first-order valence-corrected chi connectivity index (χ1v) is 11.4. The van der Waals surface area contributed by atoms with E-state index in [1.807, 2.05) is 12.3 Å². The maximum atomic E-state index is 13.3. The second-order valence-electron chi connectivity index (χ2n) is 6.56. The van der Waals surface area contributed by atoms with E-state index >= 15 is 0 Å². The molecule has 0 bridgehead atoms. The third-order valence-corrected chi connectivity index (χ3v) is 6.53. The monoisotopic (exact) mass is 473 g/mol. The maximum Gasteiger partial charge on any atom is 0.359 e. The number of anilines is 1. The van der Waals surface area contributed by atoms with E-state index < -0.39 is 11.5 Å². The predicted octanol–water partition coefficient (Wildman–Crippen LogP) is 4.90. The normalized spacial score (nSPS) is 10.9. The molecule has 1 N–H and O–H groups in total. The number of nitrogens with one attached hydrogen (secondary N) is 1. The van der Waals surface area contributed by atoms with Gasteiger partial charge in [-0.15, -0.1) is 22.7 Å². The topological polar surface area (TPSA) is 90.3 Å². The van der Waals surface area contributed by atoms with Crippen LogP contribution in [-0.2, 0) is 4.74 Å². The molecule has 1 amide bonds. The van der Waals surface area contributed by atoms with Gasteiger partial charge in [-0.2, -0.15) is 9.78 Å². The number of halogens is 1. The van der Waals surface area contributed by atoms with Crippen LogP contribution in [0.3, 0.4) is 0 Å². The molecule has 0 saturated heterocycles. The number of aryl methyl sites for hydroxylation is 1. The zero-order valence-corrected chi connectivity index (χ0v) is 18.9. The largest absolute Gasteiger partial charge is 0.461 e. The highest BCUT2D eigenvalue weighted by Gasteiger charge is 2.23. The molecule has 0 atom stereocenters. The van der Waals surface area contributed by atoms with Crippen molar-refractivity contribution in [2.24, 2.45) is 0 Å². The van der Waals surface area contributed by atoms with Gasteiger partial charge in [-0.1, -0.05) is 17.7 Å². The highest BCUT2D eigenvalue weighted by atomic mass is 35.5. The molecule has 0 spiro atoms. The maximum absolute atomic E-state index is 13.3. The second-order valence-corrected chi connectivity index (χ2v) is 8.79. The number of esters is 1. The third-order valence-electron chi connectivity index (χ3n) is 4.36. The Morgan fingerprint density at radius 1 is 1.23 bits per heavy atom. The van der Waals surface area contributed by atoms with Gasteiger partial charge in [0.05, 0.1) is 22.6 Å². The number of amides is 1. The minimum atomic E-state index is -0.659. The van der Waals surface area contributed by atoms with Crippen molar-refractivity contribution in [1.29, 1.82) is 0 Å². The lowest BCUT2D eigenvalue weighted by Gasteiger charge is -2.10. The number of nitrogens with zero attached hydrogens (tertiary/aromatic N) is 2. The molecule has 0 radical (unpaired) electrons. The summed E-state index contributed by atoms with van der Waals surface area (Å²) < 4.78 is 6.22. The van der Waals surface area contributed by atoms with Crippen LogP contribution in [0, 0.1) is 6.92 Å². The highest BCUT2D eigenvalue weighted by molar-refractivity contribution is 7.16. The zero-order valence-electron chi connectivity index (χ0n) is 16.5. The Morgan fingerprint density at radius 2 is 2.03 bits per heavy atom. The van der Waals surface area contributed by atoms with Crippen LogP contribution < -0.4 is 10.9 Å². The molecule has 0 aliphatic carbocycles. The molecule has 10 heteroatoms. The molecular formula is C21H16ClN3O4S2. The van der Waals surface area contributed by atoms with Gasteiger partial charge in [0, 0.05) is 15.8 Å². The molecule has 4 rings (SSSR count). The van der Waals surface area contributed by atoms with E-state index in [1.165, 1.54) is 11.3 Å². The number of benzene rings is 1. The molecule has 0 aliphatic rings. The Balaban J connectivity index is 1.90. The van der Waals surface area contributed by atoms with Crippen molar-refractivity contribution in [3.63, 3.8) is 0 Å². The number of carbonyl (C=O) groups is 2. The van der Waals surface area contributed by atoms with Crippen molar-refractivity contribution in [1.82, 2.24) is 9.78 Å². The predicted molar refractivity (Wildman–Crippen MR) is 123 cm³/mol. The van der Waals surface area contributed by atoms with Crippen LogP contribution in [0.25, 0.3) is 16.5 Å². The first kappa shape index (κ1) is 21.2. The first-order chi connectivity index (χ1) is 14.9. The molecule has 158 valence electrons. The molecule has 0 unspecified atom stereocenters. The highest BCUT2D eigenvalue weighted by Crippen LogP contribution is 2.31. The first-order valence-electron chi connectivity index (χ1n) is 9.23. The van der Waals surface area contributed by atoms with Gasteiger partial charge < -0.3 is 10.1 Å². The van der Waals surface area contributed by atoms with Gasteiger partial charge in [-0.05, 0) is 49.1 Å². The van der Waals surface area contributed by atoms with Crippen molar-refractivity contribution in [2.75, 3.05) is 11.9 Å². The number of fused-ring (bicyclic) bond motifs is 1. The molecule has 7 nitrogen and oxygen atoms in total. The molecule has 0 aliphatic heterocycles. The van der Waals surface area contributed by atoms with Gasteiger partial charge in [0.2, 0.25) is 0 Å². The molecule has 1 aromatic carbocycles. The van der Waals surface area contributed by atoms with Crippen molar-refractivity contribution < 1.29 is 14.3 Å². The van der Waals surface area contributed by atoms with Crippen LogP contribution in [0.15, 0.2) is 45.9 Å². The molecule has 0 saturated carbocycles. The fourth-order valence-electron chi connectivity index (χ4n) is 2.99. The fraction of sp³-hybridized carbons (Fsp3) is 0.143. The molecule has 0 fully saturated rings. The number of rotatable bonds is 5. The van der Waals surface area contributed by atoms with Crippen LogP contribution in [0.2, 0.25) is 5.02 Å². The van der Waals surface area contributed by atoms with E-state index in [1.54, 1.807) is 42.6 Å². The Labute approximate surface area is 189 Å². The van der Waals surface area contributed by atoms with Crippen LogP contribution in [0.5, 0.6) is 0 Å². The summed E-state index contributed by atoms with van der Waals surface area (Å²) in [7, 11) is 0. The van der Waals surface area contributed by atoms with Gasteiger partial charge in [0.15, 0.2) is 5.69 Å². The second kappa shape index (κ2) is 8.62. The molecular weight excluding hydrogens is 458 g/mol. The Kier molecular flexibility index (Phi) is 5.90. The standard InChI is InChI=1S/C21H16ClN3O4S2/c1-3-29-21(28)17-14-10-31-19(23-18(26)15-7-11(2)9-30-15)16(14)20(27)25(24-17)13-6-4-5-12(22)8-13/h4-10H,3H2,1-2H3,(H,23,26). The van der Waals surface area contributed by atoms with Crippen molar-refractivity contribution in [2.45, 2.75) is 13.8 Å². The molecule has 4 aromatic rings. The smallest absolute Gasteiger partial charge is 0.359 e. The lowest BCUT2D eigenvalue weighted by Crippen LogP contribution is -2.25. The minimum absolute atomic E-state index is 0.0138. The van der Waals surface area contributed by atoms with E-state index in [4.69, 9.17) is 16.3 Å². The Morgan fingerprint density at radius 3 is 2.71 bits per heavy atom. The third kappa shape index (κ3) is 4.12. The van der Waals surface area contributed by atoms with Crippen LogP contribution in [-0.4, -0.2) is 28.3 Å². The summed E-state index contributed by atoms with van der Waals surface area (Å²) in [4.78, 5) is 39.1. The summed E-state index contributed by atoms with van der Waals surface area (Å²) in [6, 6.07) is 8.33. The minimum Gasteiger partial charge on any atom is -0.461 e. The lowest BCUT2D eigenvalue weighted by molar-refractivity contribution is 0.0520. The van der Waals surface area contributed by atoms with E-state index in [0.29, 0.717) is 26.0 Å². The van der Waals surface area contributed by atoms with Gasteiger partial charge in [-0.25, -0.2) is 4.79 Å². The summed E-state index contributed by atoms with van der Waals surface area (Å²) in [5.74, 6) is -0.988. The van der Waals surface area contributed by atoms with E-state index in [2.05, 4.69) is 10.4 Å². The molecule has 31 heavy (non-hydrogen) atoms. The van der Waals surface area contributed by atoms with Gasteiger partial charge in [0.1, 0.15) is 5.00 Å².